The Hall–Kier alpha value is -3.68. The second kappa shape index (κ2) is 9.01. The summed E-state index contributed by atoms with van der Waals surface area (Å²) in [7, 11) is 1.31. The number of benzene rings is 2. The van der Waals surface area contributed by atoms with E-state index >= 15 is 0 Å². The molecular formula is C21H20O8. The van der Waals surface area contributed by atoms with Gasteiger partial charge in [-0.25, -0.2) is 19.2 Å². The molecule has 0 saturated heterocycles. The minimum absolute atomic E-state index is 0.000370. The van der Waals surface area contributed by atoms with Gasteiger partial charge in [0.05, 0.1) is 36.0 Å². The number of carbonyl (C=O) groups is 4. The van der Waals surface area contributed by atoms with Crippen molar-refractivity contribution in [1.82, 2.24) is 0 Å². The number of ether oxygens (including phenoxy) is 2. The van der Waals surface area contributed by atoms with Crippen molar-refractivity contribution in [3.05, 3.63) is 58.1 Å². The number of carboxylic acids is 2. The van der Waals surface area contributed by atoms with Crippen LogP contribution in [0.5, 0.6) is 0 Å². The van der Waals surface area contributed by atoms with Crippen LogP contribution in [0, 0.1) is 0 Å². The number of methoxy groups -OCH3 is 1. The van der Waals surface area contributed by atoms with E-state index in [1.54, 1.807) is 19.1 Å². The summed E-state index contributed by atoms with van der Waals surface area (Å²) in [5, 5.41) is 17.5. The van der Waals surface area contributed by atoms with E-state index in [2.05, 4.69) is 4.74 Å². The van der Waals surface area contributed by atoms with Crippen molar-refractivity contribution in [2.45, 2.75) is 20.3 Å². The molecule has 152 valence electrons. The van der Waals surface area contributed by atoms with Crippen LogP contribution < -0.4 is 0 Å². The number of aryl methyl sites for hydroxylation is 1. The third-order valence-electron chi connectivity index (χ3n) is 4.30. The zero-order valence-corrected chi connectivity index (χ0v) is 16.1. The Morgan fingerprint density at radius 2 is 1.48 bits per heavy atom. The molecule has 0 heterocycles. The highest BCUT2D eigenvalue weighted by atomic mass is 16.5. The van der Waals surface area contributed by atoms with Gasteiger partial charge in [0.25, 0.3) is 0 Å². The van der Waals surface area contributed by atoms with Crippen molar-refractivity contribution in [3.8, 4) is 11.1 Å². The lowest BCUT2D eigenvalue weighted by atomic mass is 9.81. The zero-order valence-electron chi connectivity index (χ0n) is 16.1. The summed E-state index contributed by atoms with van der Waals surface area (Å²) in [6.45, 7) is 3.89. The van der Waals surface area contributed by atoms with Gasteiger partial charge < -0.3 is 19.7 Å². The van der Waals surface area contributed by atoms with Crippen LogP contribution in [0.1, 0.15) is 60.8 Å². The van der Waals surface area contributed by atoms with Crippen LogP contribution in [0.4, 0.5) is 0 Å². The van der Waals surface area contributed by atoms with Gasteiger partial charge in [-0.3, -0.25) is 0 Å². The summed E-state index contributed by atoms with van der Waals surface area (Å²) in [6, 6.07) is 7.54. The van der Waals surface area contributed by atoms with E-state index in [0.29, 0.717) is 35.3 Å². The summed E-state index contributed by atoms with van der Waals surface area (Å²) in [5.74, 6) is -3.01. The lowest BCUT2D eigenvalue weighted by Crippen LogP contribution is -2.18. The van der Waals surface area contributed by atoms with Crippen molar-refractivity contribution < 1.29 is 38.9 Å². The molecule has 0 aliphatic heterocycles. The highest BCUT2D eigenvalue weighted by Gasteiger charge is 2.31. The number of rotatable bonds is 6. The fraction of sp³-hybridized carbons (Fsp3) is 0.238. The van der Waals surface area contributed by atoms with Gasteiger partial charge in [-0.05, 0) is 48.7 Å². The van der Waals surface area contributed by atoms with Gasteiger partial charge in [0.2, 0.25) is 0 Å². The third-order valence-corrected chi connectivity index (χ3v) is 4.30. The maximum absolute atomic E-state index is 11.4. The number of carbonyl (C=O) groups excluding carboxylic acids is 2. The van der Waals surface area contributed by atoms with Gasteiger partial charge in [-0.15, -0.1) is 0 Å². The molecule has 0 fully saturated rings. The first-order chi connectivity index (χ1) is 13.7. The SMILES string of the molecule is CCOC(=O)c1cc2cc(C(=O)OC)c1-2.CCc1ccc(C(=O)O)cc1C(=O)O. The average molecular weight is 400 g/mol. The molecular weight excluding hydrogens is 380 g/mol. The zero-order chi connectivity index (χ0) is 21.7. The maximum atomic E-state index is 11.4. The van der Waals surface area contributed by atoms with Crippen molar-refractivity contribution in [2.75, 3.05) is 13.7 Å². The molecule has 0 unspecified atom stereocenters. The van der Waals surface area contributed by atoms with E-state index in [1.165, 1.54) is 25.3 Å². The summed E-state index contributed by atoms with van der Waals surface area (Å²) in [6.07, 6.45) is 0.571. The normalized spacial score (nSPS) is 10.3. The van der Waals surface area contributed by atoms with Crippen molar-refractivity contribution in [3.63, 3.8) is 0 Å². The van der Waals surface area contributed by atoms with E-state index in [0.717, 1.165) is 5.56 Å². The van der Waals surface area contributed by atoms with Crippen LogP contribution >= 0.6 is 0 Å². The maximum Gasteiger partial charge on any atom is 0.338 e. The Balaban J connectivity index is 0.000000208. The van der Waals surface area contributed by atoms with Gasteiger partial charge in [0, 0.05) is 5.56 Å². The van der Waals surface area contributed by atoms with Crippen LogP contribution in [0.15, 0.2) is 30.3 Å². The first kappa shape index (κ1) is 21.6. The van der Waals surface area contributed by atoms with Crippen LogP contribution in [-0.4, -0.2) is 47.8 Å². The Morgan fingerprint density at radius 1 is 0.862 bits per heavy atom. The monoisotopic (exact) mass is 400 g/mol. The van der Waals surface area contributed by atoms with Crippen LogP contribution in [0.3, 0.4) is 0 Å². The Kier molecular flexibility index (Phi) is 6.71. The number of aromatic carboxylic acids is 2. The highest BCUT2D eigenvalue weighted by molar-refractivity contribution is 6.14. The minimum Gasteiger partial charge on any atom is -0.478 e. The second-order valence-corrected chi connectivity index (χ2v) is 5.99. The lowest BCUT2D eigenvalue weighted by Gasteiger charge is -2.23. The van der Waals surface area contributed by atoms with Gasteiger partial charge >= 0.3 is 23.9 Å². The highest BCUT2D eigenvalue weighted by Crippen LogP contribution is 2.42. The second-order valence-electron chi connectivity index (χ2n) is 5.99. The molecule has 8 heteroatoms. The van der Waals surface area contributed by atoms with Crippen molar-refractivity contribution in [1.29, 1.82) is 0 Å². The van der Waals surface area contributed by atoms with E-state index in [-0.39, 0.29) is 17.1 Å². The number of hydrogen-bond acceptors (Lipinski definition) is 6. The van der Waals surface area contributed by atoms with E-state index in [9.17, 15) is 19.2 Å². The van der Waals surface area contributed by atoms with Crippen LogP contribution in [0.2, 0.25) is 0 Å². The van der Waals surface area contributed by atoms with Gasteiger partial charge in [0.1, 0.15) is 0 Å². The minimum atomic E-state index is -1.12. The molecule has 2 aliphatic carbocycles. The molecule has 1 aromatic carbocycles. The number of hydrogen-bond donors (Lipinski definition) is 2. The van der Waals surface area contributed by atoms with Crippen LogP contribution in [0.25, 0.3) is 11.1 Å². The predicted octanol–water partition coefficient (Wildman–Crippen LogP) is 3.28. The van der Waals surface area contributed by atoms with E-state index in [1.807, 2.05) is 6.92 Å². The molecule has 0 radical (unpaired) electrons. The smallest absolute Gasteiger partial charge is 0.338 e. The summed E-state index contributed by atoms with van der Waals surface area (Å²) >= 11 is 0. The van der Waals surface area contributed by atoms with Crippen molar-refractivity contribution in [2.24, 2.45) is 0 Å². The molecule has 0 bridgehead atoms. The topological polar surface area (TPSA) is 127 Å². The molecule has 29 heavy (non-hydrogen) atoms. The standard InChI is InChI=1S/C11H10O4.C10H10O4/c1-3-15-11(13)8-5-6-4-7(9(6)8)10(12)14-2;1-2-6-3-4-7(9(11)12)5-8(6)10(13)14/h4-5H,3H2,1-2H3;3-5H,2H2,1H3,(H,11,12)(H,13,14). The molecule has 1 aromatic rings. The number of fused-ring (bicyclic) bond motifs is 1. The van der Waals surface area contributed by atoms with Crippen LogP contribution in [-0.2, 0) is 15.9 Å². The Morgan fingerprint density at radius 3 is 1.93 bits per heavy atom. The molecule has 2 N–H and O–H groups in total. The molecule has 0 amide bonds. The molecule has 0 aromatic heterocycles. The predicted molar refractivity (Wildman–Crippen MR) is 102 cm³/mol. The summed E-state index contributed by atoms with van der Waals surface area (Å²) in [4.78, 5) is 43.9. The third kappa shape index (κ3) is 4.43. The fourth-order valence-electron chi connectivity index (χ4n) is 2.80. The van der Waals surface area contributed by atoms with Gasteiger partial charge in [-0.2, -0.15) is 0 Å². The molecule has 3 rings (SSSR count). The molecule has 8 nitrogen and oxygen atoms in total. The van der Waals surface area contributed by atoms with Crippen molar-refractivity contribution >= 4 is 23.9 Å². The average Bonchev–Trinajstić information content (AvgIpc) is 2.68. The number of carboxylic acid groups (broad SMARTS) is 2. The Bertz CT molecular complexity index is 990. The number of esters is 2. The first-order valence-corrected chi connectivity index (χ1v) is 8.78. The summed E-state index contributed by atoms with van der Waals surface area (Å²) < 4.78 is 9.41. The molecule has 0 atom stereocenters. The first-order valence-electron chi connectivity index (χ1n) is 8.78. The fourth-order valence-corrected chi connectivity index (χ4v) is 2.80. The molecule has 2 aliphatic rings. The quantitative estimate of drug-likeness (QED) is 0.604. The summed E-state index contributed by atoms with van der Waals surface area (Å²) in [5.41, 5.74) is 3.22. The van der Waals surface area contributed by atoms with E-state index < -0.39 is 17.9 Å². The lowest BCUT2D eigenvalue weighted by molar-refractivity contribution is 0.0524. The Labute approximate surface area is 166 Å². The molecule has 0 spiro atoms. The van der Waals surface area contributed by atoms with Gasteiger partial charge in [0.15, 0.2) is 0 Å². The van der Waals surface area contributed by atoms with Gasteiger partial charge in [-0.1, -0.05) is 13.0 Å². The van der Waals surface area contributed by atoms with E-state index in [4.69, 9.17) is 14.9 Å². The molecule has 0 saturated carbocycles. The largest absolute Gasteiger partial charge is 0.478 e.